The van der Waals surface area contributed by atoms with Gasteiger partial charge in [0, 0.05) is 17.9 Å². The molecule has 0 aliphatic rings. The Morgan fingerprint density at radius 2 is 1.73 bits per heavy atom. The van der Waals surface area contributed by atoms with E-state index in [9.17, 15) is 0 Å². The number of pyridine rings is 1. The van der Waals surface area contributed by atoms with Gasteiger partial charge < -0.3 is 15.2 Å². The molecule has 0 aliphatic heterocycles. The summed E-state index contributed by atoms with van der Waals surface area (Å²) in [6, 6.07) is 13.9. The average molecular weight is 345 g/mol. The lowest BCUT2D eigenvalue weighted by Crippen LogP contribution is -2.05. The number of aromatic nitrogens is 5. The second-order valence-corrected chi connectivity index (χ2v) is 6.17. The van der Waals surface area contributed by atoms with Crippen LogP contribution in [-0.2, 0) is 0 Å². The number of hydrogen-bond donors (Lipinski definition) is 2. The predicted octanol–water partition coefficient (Wildman–Crippen LogP) is 4.29. The molecule has 3 aromatic heterocycles. The van der Waals surface area contributed by atoms with Gasteiger partial charge in [-0.2, -0.15) is 9.97 Å². The number of fused-ring (bicyclic) bond motifs is 1. The maximum Gasteiger partial charge on any atom is 0.231 e. The summed E-state index contributed by atoms with van der Waals surface area (Å²) < 4.78 is 2.03. The van der Waals surface area contributed by atoms with Crippen molar-refractivity contribution in [3.63, 3.8) is 0 Å². The predicted molar refractivity (Wildman–Crippen MR) is 103 cm³/mol. The molecule has 0 spiro atoms. The number of imidazole rings is 1. The molecule has 7 nitrogen and oxygen atoms in total. The van der Waals surface area contributed by atoms with Gasteiger partial charge in [0.15, 0.2) is 17.0 Å². The fraction of sp³-hybridized carbons (Fsp3) is 0.158. The van der Waals surface area contributed by atoms with Crippen molar-refractivity contribution in [3.05, 3.63) is 61.2 Å². The van der Waals surface area contributed by atoms with E-state index in [0.717, 1.165) is 22.5 Å². The van der Waals surface area contributed by atoms with Crippen LogP contribution < -0.4 is 10.6 Å². The highest BCUT2D eigenvalue weighted by molar-refractivity contribution is 5.87. The fourth-order valence-corrected chi connectivity index (χ4v) is 2.66. The smallest absolute Gasteiger partial charge is 0.231 e. The lowest BCUT2D eigenvalue weighted by Gasteiger charge is -2.12. The largest absolute Gasteiger partial charge is 0.338 e. The zero-order chi connectivity index (χ0) is 17.9. The standard InChI is InChI=1S/C19H19N7/c1-13(2)26-12-21-16-17(22-14-7-4-3-5-8-14)24-19(25-18(16)26)23-15-9-6-10-20-11-15/h3-13H,1-2H3,(H2,22,23,24,25). The van der Waals surface area contributed by atoms with Crippen LogP contribution in [0.1, 0.15) is 19.9 Å². The van der Waals surface area contributed by atoms with Crippen LogP contribution in [0.2, 0.25) is 0 Å². The summed E-state index contributed by atoms with van der Waals surface area (Å²) in [4.78, 5) is 17.9. The third kappa shape index (κ3) is 3.19. The molecular formula is C19H19N7. The Labute approximate surface area is 151 Å². The van der Waals surface area contributed by atoms with E-state index in [-0.39, 0.29) is 6.04 Å². The first-order chi connectivity index (χ1) is 12.7. The highest BCUT2D eigenvalue weighted by Crippen LogP contribution is 2.26. The Morgan fingerprint density at radius 1 is 0.923 bits per heavy atom. The first kappa shape index (κ1) is 16.0. The van der Waals surface area contributed by atoms with Crippen molar-refractivity contribution in [2.24, 2.45) is 0 Å². The molecule has 0 bridgehead atoms. The van der Waals surface area contributed by atoms with E-state index in [1.165, 1.54) is 0 Å². The molecule has 0 fully saturated rings. The topological polar surface area (TPSA) is 80.5 Å². The van der Waals surface area contributed by atoms with Gasteiger partial charge in [0.2, 0.25) is 5.95 Å². The van der Waals surface area contributed by atoms with E-state index in [2.05, 4.69) is 44.4 Å². The zero-order valence-electron chi connectivity index (χ0n) is 14.6. The SMILES string of the molecule is CC(C)n1cnc2c(Nc3ccccc3)nc(Nc3cccnc3)nc21. The third-order valence-corrected chi connectivity index (χ3v) is 3.93. The van der Waals surface area contributed by atoms with Crippen LogP contribution >= 0.6 is 0 Å². The molecule has 4 rings (SSSR count). The average Bonchev–Trinajstić information content (AvgIpc) is 3.08. The number of para-hydroxylation sites is 1. The van der Waals surface area contributed by atoms with Crippen LogP contribution in [0.3, 0.4) is 0 Å². The fourth-order valence-electron chi connectivity index (χ4n) is 2.66. The number of nitrogens with zero attached hydrogens (tertiary/aromatic N) is 5. The van der Waals surface area contributed by atoms with E-state index < -0.39 is 0 Å². The Kier molecular flexibility index (Phi) is 4.18. The van der Waals surface area contributed by atoms with Crippen molar-refractivity contribution in [2.75, 3.05) is 10.6 Å². The molecule has 0 aliphatic carbocycles. The van der Waals surface area contributed by atoms with E-state index in [4.69, 9.17) is 0 Å². The van der Waals surface area contributed by atoms with Crippen molar-refractivity contribution in [2.45, 2.75) is 19.9 Å². The summed E-state index contributed by atoms with van der Waals surface area (Å²) in [6.07, 6.45) is 5.26. The Bertz CT molecular complexity index is 1010. The summed E-state index contributed by atoms with van der Waals surface area (Å²) in [6.45, 7) is 4.20. The van der Waals surface area contributed by atoms with Crippen molar-refractivity contribution < 1.29 is 0 Å². The molecule has 0 atom stereocenters. The van der Waals surface area contributed by atoms with E-state index >= 15 is 0 Å². The van der Waals surface area contributed by atoms with Gasteiger partial charge in [-0.05, 0) is 38.1 Å². The number of hydrogen-bond acceptors (Lipinski definition) is 6. The van der Waals surface area contributed by atoms with Crippen LogP contribution in [0.5, 0.6) is 0 Å². The van der Waals surface area contributed by atoms with Crippen LogP contribution in [0.15, 0.2) is 61.2 Å². The Morgan fingerprint density at radius 3 is 2.46 bits per heavy atom. The highest BCUT2D eigenvalue weighted by atomic mass is 15.2. The van der Waals surface area contributed by atoms with Crippen LogP contribution in [0, 0.1) is 0 Å². The minimum atomic E-state index is 0.241. The van der Waals surface area contributed by atoms with Gasteiger partial charge >= 0.3 is 0 Å². The first-order valence-corrected chi connectivity index (χ1v) is 8.44. The van der Waals surface area contributed by atoms with Gasteiger partial charge in [-0.1, -0.05) is 18.2 Å². The minimum Gasteiger partial charge on any atom is -0.338 e. The van der Waals surface area contributed by atoms with Gasteiger partial charge in [-0.3, -0.25) is 4.98 Å². The van der Waals surface area contributed by atoms with Crippen molar-refractivity contribution in [1.29, 1.82) is 0 Å². The maximum absolute atomic E-state index is 4.66. The highest BCUT2D eigenvalue weighted by Gasteiger charge is 2.15. The molecule has 2 N–H and O–H groups in total. The van der Waals surface area contributed by atoms with Gasteiger partial charge in [0.25, 0.3) is 0 Å². The minimum absolute atomic E-state index is 0.241. The Hall–Kier alpha value is -3.48. The summed E-state index contributed by atoms with van der Waals surface area (Å²) in [7, 11) is 0. The van der Waals surface area contributed by atoms with Gasteiger partial charge in [0.1, 0.15) is 0 Å². The van der Waals surface area contributed by atoms with E-state index in [0.29, 0.717) is 11.8 Å². The summed E-state index contributed by atoms with van der Waals surface area (Å²) >= 11 is 0. The Balaban J connectivity index is 1.80. The lowest BCUT2D eigenvalue weighted by atomic mass is 10.3. The quantitative estimate of drug-likeness (QED) is 0.562. The molecule has 0 saturated carbocycles. The van der Waals surface area contributed by atoms with Crippen LogP contribution in [0.4, 0.5) is 23.1 Å². The summed E-state index contributed by atoms with van der Waals surface area (Å²) in [5, 5.41) is 6.56. The van der Waals surface area contributed by atoms with Gasteiger partial charge in [-0.15, -0.1) is 0 Å². The van der Waals surface area contributed by atoms with Crippen molar-refractivity contribution >= 4 is 34.3 Å². The molecule has 130 valence electrons. The molecule has 0 unspecified atom stereocenters. The van der Waals surface area contributed by atoms with Crippen molar-refractivity contribution in [1.82, 2.24) is 24.5 Å². The molecule has 3 heterocycles. The number of anilines is 4. The van der Waals surface area contributed by atoms with Crippen LogP contribution in [0.25, 0.3) is 11.2 Å². The molecule has 4 aromatic rings. The van der Waals surface area contributed by atoms with Crippen molar-refractivity contribution in [3.8, 4) is 0 Å². The van der Waals surface area contributed by atoms with E-state index in [1.54, 1.807) is 18.7 Å². The first-order valence-electron chi connectivity index (χ1n) is 8.44. The number of rotatable bonds is 5. The molecule has 0 saturated heterocycles. The maximum atomic E-state index is 4.66. The normalized spacial score (nSPS) is 11.0. The zero-order valence-corrected chi connectivity index (χ0v) is 14.6. The monoisotopic (exact) mass is 345 g/mol. The van der Waals surface area contributed by atoms with E-state index in [1.807, 2.05) is 47.0 Å². The van der Waals surface area contributed by atoms with Gasteiger partial charge in [0.05, 0.1) is 18.2 Å². The second-order valence-electron chi connectivity index (χ2n) is 6.17. The third-order valence-electron chi connectivity index (χ3n) is 3.93. The molecular weight excluding hydrogens is 326 g/mol. The summed E-state index contributed by atoms with van der Waals surface area (Å²) in [5.41, 5.74) is 3.28. The summed E-state index contributed by atoms with van der Waals surface area (Å²) in [5.74, 6) is 1.15. The molecule has 7 heteroatoms. The molecule has 0 amide bonds. The van der Waals surface area contributed by atoms with Gasteiger partial charge in [-0.25, -0.2) is 4.98 Å². The van der Waals surface area contributed by atoms with Crippen LogP contribution in [-0.4, -0.2) is 24.5 Å². The lowest BCUT2D eigenvalue weighted by molar-refractivity contribution is 0.613. The molecule has 26 heavy (non-hydrogen) atoms. The molecule has 0 radical (unpaired) electrons. The molecule has 1 aromatic carbocycles. The number of nitrogens with one attached hydrogen (secondary N) is 2. The second kappa shape index (κ2) is 6.79. The number of benzene rings is 1.